The summed E-state index contributed by atoms with van der Waals surface area (Å²) >= 11 is 0. The Morgan fingerprint density at radius 3 is 2.23 bits per heavy atom. The molecule has 0 saturated carbocycles. The van der Waals surface area contributed by atoms with Gasteiger partial charge < -0.3 is 19.7 Å². The van der Waals surface area contributed by atoms with E-state index in [4.69, 9.17) is 4.74 Å². The molecule has 0 saturated heterocycles. The number of anilines is 2. The first-order chi connectivity index (χ1) is 16.5. The van der Waals surface area contributed by atoms with Gasteiger partial charge in [0.25, 0.3) is 0 Å². The summed E-state index contributed by atoms with van der Waals surface area (Å²) in [6, 6.07) is 3.81. The Balaban J connectivity index is 2.56. The summed E-state index contributed by atoms with van der Waals surface area (Å²) in [6.45, 7) is 1.49. The Kier molecular flexibility index (Phi) is 8.68. The van der Waals surface area contributed by atoms with Gasteiger partial charge >= 0.3 is 17.3 Å². The second-order valence-electron chi connectivity index (χ2n) is 6.98. The first kappa shape index (κ1) is 26.6. The zero-order chi connectivity index (χ0) is 26.3. The number of carbonyl (C=O) groups excluding carboxylic acids is 2. The minimum Gasteiger partial charge on any atom is -0.494 e. The van der Waals surface area contributed by atoms with Gasteiger partial charge in [-0.2, -0.15) is 4.39 Å². The number of nitro groups is 2. The topological polar surface area (TPSA) is 179 Å². The first-order valence-electron chi connectivity index (χ1n) is 9.80. The second-order valence-corrected chi connectivity index (χ2v) is 6.98. The summed E-state index contributed by atoms with van der Waals surface area (Å²) in [5.74, 6) is -1.98. The van der Waals surface area contributed by atoms with Crippen molar-refractivity contribution in [2.24, 2.45) is 10.2 Å². The summed E-state index contributed by atoms with van der Waals surface area (Å²) in [4.78, 5) is 45.0. The Morgan fingerprint density at radius 2 is 1.69 bits per heavy atom. The number of amides is 1. The van der Waals surface area contributed by atoms with Crippen molar-refractivity contribution in [2.45, 2.75) is 13.3 Å². The van der Waals surface area contributed by atoms with Crippen molar-refractivity contribution in [1.29, 1.82) is 0 Å². The molecule has 0 radical (unpaired) electrons. The van der Waals surface area contributed by atoms with E-state index in [0.29, 0.717) is 17.8 Å². The molecule has 35 heavy (non-hydrogen) atoms. The molecule has 0 spiro atoms. The van der Waals surface area contributed by atoms with E-state index in [0.717, 1.165) is 0 Å². The van der Waals surface area contributed by atoms with Crippen LogP contribution in [0.2, 0.25) is 0 Å². The number of methoxy groups -OCH3 is 2. The molecule has 2 aromatic rings. The lowest BCUT2D eigenvalue weighted by Gasteiger charge is -2.23. The fraction of sp³-hybridized carbons (Fsp3) is 0.300. The van der Waals surface area contributed by atoms with Gasteiger partial charge in [0.1, 0.15) is 11.4 Å². The summed E-state index contributed by atoms with van der Waals surface area (Å²) < 4.78 is 24.0. The van der Waals surface area contributed by atoms with Crippen LogP contribution in [0.3, 0.4) is 0 Å². The van der Waals surface area contributed by atoms with Crippen LogP contribution in [-0.4, -0.2) is 49.5 Å². The van der Waals surface area contributed by atoms with Crippen LogP contribution in [-0.2, 0) is 14.3 Å². The molecule has 14 nitrogen and oxygen atoms in total. The number of rotatable bonds is 10. The van der Waals surface area contributed by atoms with Gasteiger partial charge in [-0.25, -0.2) is 0 Å². The van der Waals surface area contributed by atoms with E-state index in [2.05, 4.69) is 20.3 Å². The standard InChI is InChI=1S/C20H21FN6O8/c1-11(28)22-13-8-18(25(2)6-5-20(29)35-4)19(34-3)9-14(13)23-24-15-7-12(21)16(26(30)31)10-17(15)27(32)33/h7-10H,5-6H2,1-4H3,(H,22,28)/b24-23+. The van der Waals surface area contributed by atoms with E-state index >= 15 is 0 Å². The Hall–Kier alpha value is -4.69. The van der Waals surface area contributed by atoms with Crippen LogP contribution in [0.1, 0.15) is 13.3 Å². The highest BCUT2D eigenvalue weighted by atomic mass is 19.1. The molecule has 1 amide bonds. The summed E-state index contributed by atoms with van der Waals surface area (Å²) in [7, 11) is 4.30. The van der Waals surface area contributed by atoms with Gasteiger partial charge in [-0.15, -0.1) is 10.2 Å². The van der Waals surface area contributed by atoms with Gasteiger partial charge in [-0.05, 0) is 6.07 Å². The van der Waals surface area contributed by atoms with Gasteiger partial charge in [0.2, 0.25) is 11.7 Å². The highest BCUT2D eigenvalue weighted by Gasteiger charge is 2.25. The smallest absolute Gasteiger partial charge is 0.311 e. The van der Waals surface area contributed by atoms with Crippen LogP contribution in [0.15, 0.2) is 34.5 Å². The number of hydrogen-bond donors (Lipinski definition) is 1. The lowest BCUT2D eigenvalue weighted by molar-refractivity contribution is -0.395. The lowest BCUT2D eigenvalue weighted by Crippen LogP contribution is -2.22. The van der Waals surface area contributed by atoms with E-state index in [9.17, 15) is 34.2 Å². The fourth-order valence-electron chi connectivity index (χ4n) is 2.89. The van der Waals surface area contributed by atoms with Crippen LogP contribution in [0.4, 0.5) is 38.5 Å². The zero-order valence-electron chi connectivity index (χ0n) is 19.1. The summed E-state index contributed by atoms with van der Waals surface area (Å²) in [6.07, 6.45) is 0.0719. The maximum absolute atomic E-state index is 14.1. The molecule has 2 rings (SSSR count). The van der Waals surface area contributed by atoms with Crippen molar-refractivity contribution in [3.63, 3.8) is 0 Å². The number of azo groups is 1. The van der Waals surface area contributed by atoms with Crippen LogP contribution in [0.5, 0.6) is 5.75 Å². The molecule has 1 N–H and O–H groups in total. The predicted molar refractivity (Wildman–Crippen MR) is 121 cm³/mol. The summed E-state index contributed by atoms with van der Waals surface area (Å²) in [5.41, 5.74) is -1.91. The molecule has 186 valence electrons. The van der Waals surface area contributed by atoms with E-state index in [1.807, 2.05) is 0 Å². The van der Waals surface area contributed by atoms with Crippen molar-refractivity contribution >= 4 is 46.0 Å². The lowest BCUT2D eigenvalue weighted by atomic mass is 10.2. The third-order valence-electron chi connectivity index (χ3n) is 4.60. The molecular weight excluding hydrogens is 471 g/mol. The van der Waals surface area contributed by atoms with Crippen LogP contribution >= 0.6 is 0 Å². The maximum Gasteiger partial charge on any atom is 0.311 e. The largest absolute Gasteiger partial charge is 0.494 e. The van der Waals surface area contributed by atoms with Crippen molar-refractivity contribution < 1.29 is 33.3 Å². The third-order valence-corrected chi connectivity index (χ3v) is 4.60. The minimum atomic E-state index is -1.34. The fourth-order valence-corrected chi connectivity index (χ4v) is 2.89. The SMILES string of the molecule is COC(=O)CCN(C)c1cc(NC(C)=O)c(/N=N/c2cc(F)c([N+](=O)[O-])cc2[N+](=O)[O-])cc1OC. The molecule has 0 atom stereocenters. The van der Waals surface area contributed by atoms with Gasteiger partial charge in [0.15, 0.2) is 5.69 Å². The van der Waals surface area contributed by atoms with Crippen molar-refractivity contribution in [1.82, 2.24) is 0 Å². The third kappa shape index (κ3) is 6.66. The van der Waals surface area contributed by atoms with E-state index in [1.165, 1.54) is 33.3 Å². The van der Waals surface area contributed by atoms with E-state index in [1.54, 1.807) is 11.9 Å². The number of hydrogen-bond acceptors (Lipinski definition) is 11. The number of esters is 1. The molecule has 0 aliphatic rings. The molecule has 0 aliphatic heterocycles. The number of benzene rings is 2. The number of nitro benzene ring substituents is 2. The Morgan fingerprint density at radius 1 is 1.06 bits per heavy atom. The van der Waals surface area contributed by atoms with Crippen molar-refractivity contribution in [3.8, 4) is 5.75 Å². The van der Waals surface area contributed by atoms with Gasteiger partial charge in [0.05, 0.1) is 47.9 Å². The monoisotopic (exact) mass is 492 g/mol. The van der Waals surface area contributed by atoms with Crippen LogP contribution < -0.4 is 15.0 Å². The maximum atomic E-state index is 14.1. The molecule has 2 aromatic carbocycles. The normalized spacial score (nSPS) is 10.7. The molecule has 0 heterocycles. The Labute approximate surface area is 197 Å². The van der Waals surface area contributed by atoms with Gasteiger partial charge in [-0.1, -0.05) is 0 Å². The number of carbonyl (C=O) groups is 2. The van der Waals surface area contributed by atoms with Crippen LogP contribution in [0.25, 0.3) is 0 Å². The molecule has 0 bridgehead atoms. The quantitative estimate of drug-likeness (QED) is 0.222. The number of halogens is 1. The van der Waals surface area contributed by atoms with Crippen molar-refractivity contribution in [3.05, 3.63) is 50.3 Å². The van der Waals surface area contributed by atoms with E-state index < -0.39 is 44.6 Å². The molecule has 15 heteroatoms. The number of nitrogens with zero attached hydrogens (tertiary/aromatic N) is 5. The zero-order valence-corrected chi connectivity index (χ0v) is 19.1. The van der Waals surface area contributed by atoms with Gasteiger partial charge in [-0.3, -0.25) is 29.8 Å². The van der Waals surface area contributed by atoms with Crippen molar-refractivity contribution in [2.75, 3.05) is 38.0 Å². The van der Waals surface area contributed by atoms with E-state index in [-0.39, 0.29) is 30.1 Å². The molecule has 0 fully saturated rings. The summed E-state index contributed by atoms with van der Waals surface area (Å²) in [5, 5.41) is 32.3. The predicted octanol–water partition coefficient (Wildman–Crippen LogP) is 4.02. The second kappa shape index (κ2) is 11.4. The molecule has 0 unspecified atom stereocenters. The molecular formula is C20H21FN6O8. The first-order valence-corrected chi connectivity index (χ1v) is 9.80. The highest BCUT2D eigenvalue weighted by molar-refractivity contribution is 5.94. The average molecular weight is 492 g/mol. The number of nitrogens with one attached hydrogen (secondary N) is 1. The van der Waals surface area contributed by atoms with Gasteiger partial charge in [0, 0.05) is 32.6 Å². The number of ether oxygens (including phenoxy) is 2. The Bertz CT molecular complexity index is 1200. The highest BCUT2D eigenvalue weighted by Crippen LogP contribution is 2.40. The molecule has 0 aliphatic carbocycles. The average Bonchev–Trinajstić information content (AvgIpc) is 2.80. The minimum absolute atomic E-state index is 0.00442. The molecule has 0 aromatic heterocycles. The van der Waals surface area contributed by atoms with Crippen LogP contribution in [0, 0.1) is 26.0 Å².